The summed E-state index contributed by atoms with van der Waals surface area (Å²) in [6.07, 6.45) is -3.77. The number of benzene rings is 1. The summed E-state index contributed by atoms with van der Waals surface area (Å²) < 4.78 is 37.7. The lowest BCUT2D eigenvalue weighted by atomic mass is 10.1. The molecule has 90 valence electrons. The molecule has 0 atom stereocenters. The first-order valence-electron chi connectivity index (χ1n) is 4.63. The Morgan fingerprint density at radius 1 is 1.41 bits per heavy atom. The van der Waals surface area contributed by atoms with E-state index in [9.17, 15) is 18.0 Å². The SMILES string of the molecule is O=C(O)Cc1cc(C(F)(F)F)cc2[nH]cnc12. The lowest BCUT2D eigenvalue weighted by Gasteiger charge is -2.08. The van der Waals surface area contributed by atoms with E-state index in [4.69, 9.17) is 5.11 Å². The number of aromatic amines is 1. The molecular weight excluding hydrogens is 237 g/mol. The number of hydrogen-bond acceptors (Lipinski definition) is 2. The van der Waals surface area contributed by atoms with Gasteiger partial charge < -0.3 is 10.1 Å². The molecule has 0 saturated carbocycles. The highest BCUT2D eigenvalue weighted by atomic mass is 19.4. The van der Waals surface area contributed by atoms with E-state index in [1.54, 1.807) is 0 Å². The van der Waals surface area contributed by atoms with Crippen molar-refractivity contribution < 1.29 is 23.1 Å². The van der Waals surface area contributed by atoms with E-state index in [-0.39, 0.29) is 16.6 Å². The fraction of sp³-hybridized carbons (Fsp3) is 0.200. The van der Waals surface area contributed by atoms with Crippen LogP contribution in [-0.4, -0.2) is 21.0 Å². The Bertz CT molecular complexity index is 574. The number of hydrogen-bond donors (Lipinski definition) is 2. The van der Waals surface area contributed by atoms with Gasteiger partial charge in [-0.3, -0.25) is 4.79 Å². The molecule has 0 aliphatic carbocycles. The zero-order valence-electron chi connectivity index (χ0n) is 8.38. The number of H-pyrrole nitrogens is 1. The molecule has 2 N–H and O–H groups in total. The average molecular weight is 244 g/mol. The van der Waals surface area contributed by atoms with Crippen LogP contribution in [0, 0.1) is 0 Å². The Balaban J connectivity index is 2.62. The highest BCUT2D eigenvalue weighted by molar-refractivity contribution is 5.84. The normalized spacial score (nSPS) is 11.9. The number of halogens is 3. The minimum Gasteiger partial charge on any atom is -0.481 e. The van der Waals surface area contributed by atoms with E-state index in [0.717, 1.165) is 12.1 Å². The molecule has 0 bridgehead atoms. The quantitative estimate of drug-likeness (QED) is 0.851. The number of nitrogens with zero attached hydrogens (tertiary/aromatic N) is 1. The minimum atomic E-state index is -4.51. The topological polar surface area (TPSA) is 66.0 Å². The van der Waals surface area contributed by atoms with Gasteiger partial charge in [0.25, 0.3) is 0 Å². The number of carbonyl (C=O) groups is 1. The summed E-state index contributed by atoms with van der Waals surface area (Å²) in [5, 5.41) is 8.64. The van der Waals surface area contributed by atoms with Gasteiger partial charge in [-0.05, 0) is 17.7 Å². The van der Waals surface area contributed by atoms with Crippen molar-refractivity contribution in [3.63, 3.8) is 0 Å². The van der Waals surface area contributed by atoms with Crippen molar-refractivity contribution in [2.24, 2.45) is 0 Å². The molecule has 0 spiro atoms. The third-order valence-corrected chi connectivity index (χ3v) is 2.27. The fourth-order valence-corrected chi connectivity index (χ4v) is 1.58. The maximum absolute atomic E-state index is 12.6. The smallest absolute Gasteiger partial charge is 0.416 e. The number of aromatic nitrogens is 2. The van der Waals surface area contributed by atoms with Crippen molar-refractivity contribution in [3.05, 3.63) is 29.6 Å². The van der Waals surface area contributed by atoms with Crippen LogP contribution in [0.1, 0.15) is 11.1 Å². The van der Waals surface area contributed by atoms with Gasteiger partial charge in [-0.25, -0.2) is 4.98 Å². The molecule has 2 aromatic rings. The molecule has 1 heterocycles. The Morgan fingerprint density at radius 2 is 2.12 bits per heavy atom. The van der Waals surface area contributed by atoms with Gasteiger partial charge in [0.1, 0.15) is 0 Å². The summed E-state index contributed by atoms with van der Waals surface area (Å²) in [6.45, 7) is 0. The number of fused-ring (bicyclic) bond motifs is 1. The number of imidazole rings is 1. The summed E-state index contributed by atoms with van der Waals surface area (Å²) in [6, 6.07) is 1.73. The predicted molar refractivity (Wildman–Crippen MR) is 52.4 cm³/mol. The first-order chi connectivity index (χ1) is 7.88. The summed E-state index contributed by atoms with van der Waals surface area (Å²) in [5.41, 5.74) is -0.412. The Labute approximate surface area is 93.1 Å². The fourth-order valence-electron chi connectivity index (χ4n) is 1.58. The van der Waals surface area contributed by atoms with Crippen molar-refractivity contribution in [3.8, 4) is 0 Å². The Hall–Kier alpha value is -2.05. The van der Waals surface area contributed by atoms with E-state index in [2.05, 4.69) is 9.97 Å². The van der Waals surface area contributed by atoms with Gasteiger partial charge in [-0.15, -0.1) is 0 Å². The van der Waals surface area contributed by atoms with Gasteiger partial charge in [-0.1, -0.05) is 0 Å². The molecule has 7 heteroatoms. The third kappa shape index (κ3) is 2.22. The molecule has 0 saturated heterocycles. The number of carboxylic acid groups (broad SMARTS) is 1. The van der Waals surface area contributed by atoms with E-state index in [1.165, 1.54) is 6.33 Å². The van der Waals surface area contributed by atoms with Crippen molar-refractivity contribution in [1.29, 1.82) is 0 Å². The predicted octanol–water partition coefficient (Wildman–Crippen LogP) is 2.21. The van der Waals surface area contributed by atoms with Gasteiger partial charge in [0, 0.05) is 0 Å². The number of alkyl halides is 3. The molecule has 17 heavy (non-hydrogen) atoms. The van der Waals surface area contributed by atoms with Gasteiger partial charge in [0.05, 0.1) is 29.3 Å². The van der Waals surface area contributed by atoms with Crippen LogP contribution in [0.2, 0.25) is 0 Å². The van der Waals surface area contributed by atoms with Crippen LogP contribution in [0.5, 0.6) is 0 Å². The zero-order chi connectivity index (χ0) is 12.6. The highest BCUT2D eigenvalue weighted by Crippen LogP contribution is 2.32. The van der Waals surface area contributed by atoms with Crippen molar-refractivity contribution in [2.45, 2.75) is 12.6 Å². The molecule has 1 aromatic carbocycles. The van der Waals surface area contributed by atoms with E-state index < -0.39 is 24.1 Å². The van der Waals surface area contributed by atoms with Crippen LogP contribution in [0.25, 0.3) is 11.0 Å². The van der Waals surface area contributed by atoms with Crippen LogP contribution >= 0.6 is 0 Å². The molecule has 0 aliphatic heterocycles. The zero-order valence-corrected chi connectivity index (χ0v) is 8.38. The van der Waals surface area contributed by atoms with Crippen LogP contribution in [-0.2, 0) is 17.4 Å². The molecule has 1 aromatic heterocycles. The van der Waals surface area contributed by atoms with Crippen LogP contribution in [0.15, 0.2) is 18.5 Å². The van der Waals surface area contributed by atoms with Crippen LogP contribution in [0.4, 0.5) is 13.2 Å². The second-order valence-corrected chi connectivity index (χ2v) is 3.50. The van der Waals surface area contributed by atoms with Crippen LogP contribution < -0.4 is 0 Å². The molecule has 0 radical (unpaired) electrons. The maximum Gasteiger partial charge on any atom is 0.416 e. The van der Waals surface area contributed by atoms with E-state index >= 15 is 0 Å². The lowest BCUT2D eigenvalue weighted by Crippen LogP contribution is -2.08. The monoisotopic (exact) mass is 244 g/mol. The Kier molecular flexibility index (Phi) is 2.53. The van der Waals surface area contributed by atoms with Crippen molar-refractivity contribution >= 4 is 17.0 Å². The maximum atomic E-state index is 12.6. The van der Waals surface area contributed by atoms with Crippen molar-refractivity contribution in [2.75, 3.05) is 0 Å². The minimum absolute atomic E-state index is 0.0450. The van der Waals surface area contributed by atoms with Gasteiger partial charge in [0.2, 0.25) is 0 Å². The average Bonchev–Trinajstić information content (AvgIpc) is 2.62. The Morgan fingerprint density at radius 3 is 2.71 bits per heavy atom. The van der Waals surface area contributed by atoms with E-state index in [0.29, 0.717) is 0 Å². The van der Waals surface area contributed by atoms with Crippen molar-refractivity contribution in [1.82, 2.24) is 9.97 Å². The van der Waals surface area contributed by atoms with Gasteiger partial charge >= 0.3 is 12.1 Å². The number of nitrogens with one attached hydrogen (secondary N) is 1. The lowest BCUT2D eigenvalue weighted by molar-refractivity contribution is -0.138. The summed E-state index contributed by atoms with van der Waals surface area (Å²) in [5.74, 6) is -1.20. The molecule has 0 aliphatic rings. The number of rotatable bonds is 2. The number of aliphatic carboxylic acids is 1. The summed E-state index contributed by atoms with van der Waals surface area (Å²) in [4.78, 5) is 16.9. The molecule has 4 nitrogen and oxygen atoms in total. The molecule has 0 unspecified atom stereocenters. The van der Waals surface area contributed by atoms with Gasteiger partial charge in [0.15, 0.2) is 0 Å². The molecule has 2 rings (SSSR count). The standard InChI is InChI=1S/C10H7F3N2O2/c11-10(12,13)6-1-5(2-8(16)17)9-7(3-6)14-4-15-9/h1,3-4H,2H2,(H,14,15)(H,16,17). The molecular formula is C10H7F3N2O2. The second kappa shape index (κ2) is 3.76. The van der Waals surface area contributed by atoms with Gasteiger partial charge in [-0.2, -0.15) is 13.2 Å². The van der Waals surface area contributed by atoms with E-state index in [1.807, 2.05) is 0 Å². The highest BCUT2D eigenvalue weighted by Gasteiger charge is 2.31. The summed E-state index contributed by atoms with van der Waals surface area (Å²) >= 11 is 0. The first-order valence-corrected chi connectivity index (χ1v) is 4.63. The second-order valence-electron chi connectivity index (χ2n) is 3.50. The number of carboxylic acids is 1. The third-order valence-electron chi connectivity index (χ3n) is 2.27. The summed E-state index contributed by atoms with van der Waals surface area (Å²) in [7, 11) is 0. The molecule has 0 fully saturated rings. The van der Waals surface area contributed by atoms with Crippen LogP contribution in [0.3, 0.4) is 0 Å². The molecule has 0 amide bonds. The largest absolute Gasteiger partial charge is 0.481 e. The first kappa shape index (κ1) is 11.4.